The quantitative estimate of drug-likeness (QED) is 0.787. The van der Waals surface area contributed by atoms with Crippen molar-refractivity contribution in [2.45, 2.75) is 13.0 Å². The highest BCUT2D eigenvalue weighted by Gasteiger charge is 2.18. The van der Waals surface area contributed by atoms with Crippen LogP contribution in [0.15, 0.2) is 54.6 Å². The smallest absolute Gasteiger partial charge is 0.244 e. The molecule has 1 unspecified atom stereocenters. The molecule has 4 heteroatoms. The number of nitrogens with one attached hydrogen (secondary N) is 1. The largest absolute Gasteiger partial charge is 0.496 e. The fourth-order valence-electron chi connectivity index (χ4n) is 2.71. The van der Waals surface area contributed by atoms with Crippen LogP contribution in [0.1, 0.15) is 22.7 Å². The van der Waals surface area contributed by atoms with Gasteiger partial charge in [0.1, 0.15) is 5.75 Å². The zero-order chi connectivity index (χ0) is 18.2. The SMILES string of the molecule is COc1ccccc1C(CNC(=O)/C=C/c1cccc(C)c1)N(C)C. The highest BCUT2D eigenvalue weighted by molar-refractivity contribution is 5.91. The first kappa shape index (κ1) is 18.7. The summed E-state index contributed by atoms with van der Waals surface area (Å²) in [5.41, 5.74) is 3.24. The summed E-state index contributed by atoms with van der Waals surface area (Å²) in [5, 5.41) is 2.98. The van der Waals surface area contributed by atoms with Crippen molar-refractivity contribution in [1.29, 1.82) is 0 Å². The number of para-hydroxylation sites is 1. The topological polar surface area (TPSA) is 41.6 Å². The average Bonchev–Trinajstić information content (AvgIpc) is 2.60. The van der Waals surface area contributed by atoms with Crippen molar-refractivity contribution in [2.75, 3.05) is 27.7 Å². The fourth-order valence-corrected chi connectivity index (χ4v) is 2.71. The van der Waals surface area contributed by atoms with Gasteiger partial charge in [0.05, 0.1) is 13.2 Å². The number of benzene rings is 2. The Hall–Kier alpha value is -2.59. The van der Waals surface area contributed by atoms with Crippen molar-refractivity contribution in [3.05, 3.63) is 71.3 Å². The number of carbonyl (C=O) groups excluding carboxylic acids is 1. The van der Waals surface area contributed by atoms with Gasteiger partial charge in [-0.25, -0.2) is 0 Å². The van der Waals surface area contributed by atoms with E-state index < -0.39 is 0 Å². The van der Waals surface area contributed by atoms with Gasteiger partial charge >= 0.3 is 0 Å². The molecule has 0 fully saturated rings. The predicted molar refractivity (Wildman–Crippen MR) is 103 cm³/mol. The first-order valence-electron chi connectivity index (χ1n) is 8.33. The van der Waals surface area contributed by atoms with Gasteiger partial charge in [-0.05, 0) is 38.7 Å². The van der Waals surface area contributed by atoms with Gasteiger partial charge < -0.3 is 15.0 Å². The Labute approximate surface area is 150 Å². The van der Waals surface area contributed by atoms with Crippen molar-refractivity contribution >= 4 is 12.0 Å². The summed E-state index contributed by atoms with van der Waals surface area (Å²) in [4.78, 5) is 14.2. The summed E-state index contributed by atoms with van der Waals surface area (Å²) in [7, 11) is 5.65. The molecule has 1 amide bonds. The zero-order valence-corrected chi connectivity index (χ0v) is 15.3. The van der Waals surface area contributed by atoms with Crippen LogP contribution in [0.25, 0.3) is 6.08 Å². The number of rotatable bonds is 7. The molecule has 1 N–H and O–H groups in total. The number of hydrogen-bond acceptors (Lipinski definition) is 3. The van der Waals surface area contributed by atoms with Crippen LogP contribution in [0.4, 0.5) is 0 Å². The van der Waals surface area contributed by atoms with E-state index in [1.54, 1.807) is 13.2 Å². The Bertz CT molecular complexity index is 738. The first-order valence-corrected chi connectivity index (χ1v) is 8.33. The van der Waals surface area contributed by atoms with E-state index in [9.17, 15) is 4.79 Å². The molecule has 2 rings (SSSR count). The molecule has 2 aromatic carbocycles. The molecule has 2 aromatic rings. The summed E-state index contributed by atoms with van der Waals surface area (Å²) in [6.45, 7) is 2.54. The van der Waals surface area contributed by atoms with Crippen LogP contribution in [0.2, 0.25) is 0 Å². The molecule has 0 aliphatic heterocycles. The zero-order valence-electron chi connectivity index (χ0n) is 15.3. The Kier molecular flexibility index (Phi) is 6.78. The number of likely N-dealkylation sites (N-methyl/N-ethyl adjacent to an activating group) is 1. The lowest BCUT2D eigenvalue weighted by molar-refractivity contribution is -0.116. The minimum absolute atomic E-state index is 0.0347. The predicted octanol–water partition coefficient (Wildman–Crippen LogP) is 3.44. The van der Waals surface area contributed by atoms with Gasteiger partial charge in [-0.1, -0.05) is 48.0 Å². The minimum Gasteiger partial charge on any atom is -0.496 e. The molecule has 0 spiro atoms. The van der Waals surface area contributed by atoms with Crippen molar-refractivity contribution in [2.24, 2.45) is 0 Å². The Morgan fingerprint density at radius 3 is 2.64 bits per heavy atom. The molecule has 0 radical (unpaired) electrons. The van der Waals surface area contributed by atoms with E-state index in [4.69, 9.17) is 4.74 Å². The van der Waals surface area contributed by atoms with Gasteiger partial charge in [-0.3, -0.25) is 4.79 Å². The van der Waals surface area contributed by atoms with Crippen LogP contribution in [0, 0.1) is 6.92 Å². The number of amides is 1. The van der Waals surface area contributed by atoms with Crippen LogP contribution in [-0.4, -0.2) is 38.6 Å². The monoisotopic (exact) mass is 338 g/mol. The molecule has 132 valence electrons. The Balaban J connectivity index is 2.02. The molecule has 0 bridgehead atoms. The van der Waals surface area contributed by atoms with Gasteiger partial charge in [0, 0.05) is 18.2 Å². The average molecular weight is 338 g/mol. The first-order chi connectivity index (χ1) is 12.0. The van der Waals surface area contributed by atoms with Gasteiger partial charge in [0.2, 0.25) is 5.91 Å². The maximum Gasteiger partial charge on any atom is 0.244 e. The number of aryl methyl sites for hydroxylation is 1. The number of methoxy groups -OCH3 is 1. The van der Waals surface area contributed by atoms with E-state index in [0.29, 0.717) is 6.54 Å². The normalized spacial score (nSPS) is 12.4. The third kappa shape index (κ3) is 5.47. The molecule has 4 nitrogen and oxygen atoms in total. The number of nitrogens with zero attached hydrogens (tertiary/aromatic N) is 1. The highest BCUT2D eigenvalue weighted by Crippen LogP contribution is 2.27. The van der Waals surface area contributed by atoms with Gasteiger partial charge in [0.15, 0.2) is 0 Å². The minimum atomic E-state index is -0.108. The van der Waals surface area contributed by atoms with E-state index in [-0.39, 0.29) is 11.9 Å². The number of ether oxygens (including phenoxy) is 1. The number of carbonyl (C=O) groups is 1. The Morgan fingerprint density at radius 2 is 1.96 bits per heavy atom. The summed E-state index contributed by atoms with van der Waals surface area (Å²) in [5.74, 6) is 0.717. The van der Waals surface area contributed by atoms with E-state index in [2.05, 4.69) is 10.2 Å². The lowest BCUT2D eigenvalue weighted by Crippen LogP contribution is -2.33. The van der Waals surface area contributed by atoms with Crippen LogP contribution >= 0.6 is 0 Å². The maximum absolute atomic E-state index is 12.2. The standard InChI is InChI=1S/C21H26N2O2/c1-16-8-7-9-17(14-16)12-13-21(24)22-15-19(23(2)3)18-10-5-6-11-20(18)25-4/h5-14,19H,15H2,1-4H3,(H,22,24)/b13-12+. The van der Waals surface area contributed by atoms with Crippen LogP contribution in [-0.2, 0) is 4.79 Å². The molecule has 0 saturated carbocycles. The second-order valence-corrected chi connectivity index (χ2v) is 6.21. The second-order valence-electron chi connectivity index (χ2n) is 6.21. The van der Waals surface area contributed by atoms with Gasteiger partial charge in [-0.15, -0.1) is 0 Å². The number of hydrogen-bond donors (Lipinski definition) is 1. The summed E-state index contributed by atoms with van der Waals surface area (Å²) < 4.78 is 5.45. The molecular formula is C21H26N2O2. The Morgan fingerprint density at radius 1 is 1.20 bits per heavy atom. The van der Waals surface area contributed by atoms with Crippen LogP contribution in [0.3, 0.4) is 0 Å². The molecular weight excluding hydrogens is 312 g/mol. The molecule has 0 aliphatic rings. The van der Waals surface area contributed by atoms with Gasteiger partial charge in [-0.2, -0.15) is 0 Å². The van der Waals surface area contributed by atoms with E-state index in [1.807, 2.05) is 75.6 Å². The lowest BCUT2D eigenvalue weighted by atomic mass is 10.0. The maximum atomic E-state index is 12.2. The molecule has 1 atom stereocenters. The molecule has 25 heavy (non-hydrogen) atoms. The lowest BCUT2D eigenvalue weighted by Gasteiger charge is -2.26. The van der Waals surface area contributed by atoms with Crippen molar-refractivity contribution in [1.82, 2.24) is 10.2 Å². The van der Waals surface area contributed by atoms with E-state index in [0.717, 1.165) is 16.9 Å². The van der Waals surface area contributed by atoms with E-state index >= 15 is 0 Å². The molecule has 0 aliphatic carbocycles. The van der Waals surface area contributed by atoms with E-state index in [1.165, 1.54) is 5.56 Å². The second kappa shape index (κ2) is 9.04. The van der Waals surface area contributed by atoms with Crippen LogP contribution in [0.5, 0.6) is 5.75 Å². The fraction of sp³-hybridized carbons (Fsp3) is 0.286. The van der Waals surface area contributed by atoms with Gasteiger partial charge in [0.25, 0.3) is 0 Å². The third-order valence-electron chi connectivity index (χ3n) is 4.06. The highest BCUT2D eigenvalue weighted by atomic mass is 16.5. The summed E-state index contributed by atoms with van der Waals surface area (Å²) in [6.07, 6.45) is 3.40. The van der Waals surface area contributed by atoms with Crippen LogP contribution < -0.4 is 10.1 Å². The van der Waals surface area contributed by atoms with Crippen molar-refractivity contribution in [3.8, 4) is 5.75 Å². The van der Waals surface area contributed by atoms with Crippen molar-refractivity contribution in [3.63, 3.8) is 0 Å². The molecule has 0 saturated heterocycles. The third-order valence-corrected chi connectivity index (χ3v) is 4.06. The molecule has 0 aromatic heterocycles. The summed E-state index contributed by atoms with van der Waals surface area (Å²) in [6, 6.07) is 16.0. The summed E-state index contributed by atoms with van der Waals surface area (Å²) >= 11 is 0. The van der Waals surface area contributed by atoms with Crippen molar-refractivity contribution < 1.29 is 9.53 Å². The molecule has 0 heterocycles.